The molecule has 0 aliphatic heterocycles. The Balaban J connectivity index is 1.61. The fourth-order valence-electron chi connectivity index (χ4n) is 7.95. The van der Waals surface area contributed by atoms with Crippen molar-refractivity contribution in [2.24, 2.45) is 39.6 Å². The van der Waals surface area contributed by atoms with Gasteiger partial charge in [0.05, 0.1) is 18.2 Å². The van der Waals surface area contributed by atoms with Gasteiger partial charge in [0.2, 0.25) is 0 Å². The second-order valence-electron chi connectivity index (χ2n) is 10.6. The predicted octanol–water partition coefficient (Wildman–Crippen LogP) is 4.99. The Labute approximate surface area is 162 Å². The van der Waals surface area contributed by atoms with E-state index < -0.39 is 5.60 Å². The summed E-state index contributed by atoms with van der Waals surface area (Å²) in [4.78, 5) is 2.88. The van der Waals surface area contributed by atoms with Gasteiger partial charge in [0.15, 0.2) is 0 Å². The Morgan fingerprint density at radius 3 is 2.74 bits per heavy atom. The van der Waals surface area contributed by atoms with Crippen molar-refractivity contribution >= 4 is 0 Å². The molecule has 0 aromatic heterocycles. The number of allylic oxidation sites excluding steroid dienone is 1. The van der Waals surface area contributed by atoms with E-state index in [4.69, 9.17) is 5.53 Å². The van der Waals surface area contributed by atoms with E-state index in [0.717, 1.165) is 38.5 Å². The summed E-state index contributed by atoms with van der Waals surface area (Å²) in [5.74, 6) is 2.24. The third-order valence-corrected chi connectivity index (χ3v) is 9.28. The van der Waals surface area contributed by atoms with Gasteiger partial charge in [-0.3, -0.25) is 0 Å². The lowest BCUT2D eigenvalue weighted by molar-refractivity contribution is -0.0979. The smallest absolute Gasteiger partial charge is 0.0709 e. The summed E-state index contributed by atoms with van der Waals surface area (Å²) in [6, 6.07) is 0. The first-order valence-electron chi connectivity index (χ1n) is 10.8. The second-order valence-corrected chi connectivity index (χ2v) is 10.6. The van der Waals surface area contributed by atoms with Gasteiger partial charge in [-0.2, -0.15) is 0 Å². The summed E-state index contributed by atoms with van der Waals surface area (Å²) >= 11 is 0. The van der Waals surface area contributed by atoms with Crippen LogP contribution in [0.4, 0.5) is 0 Å². The van der Waals surface area contributed by atoms with Crippen LogP contribution in [0, 0.1) is 34.5 Å². The van der Waals surface area contributed by atoms with Crippen molar-refractivity contribution < 1.29 is 10.2 Å². The van der Waals surface area contributed by atoms with Crippen molar-refractivity contribution in [1.29, 1.82) is 0 Å². The Morgan fingerprint density at radius 1 is 1.22 bits per heavy atom. The molecule has 0 heterocycles. The molecule has 4 rings (SSSR count). The third kappa shape index (κ3) is 2.85. The van der Waals surface area contributed by atoms with Crippen LogP contribution in [-0.4, -0.2) is 28.5 Å². The van der Waals surface area contributed by atoms with Crippen LogP contribution in [0.25, 0.3) is 10.4 Å². The Morgan fingerprint density at radius 2 is 2.00 bits per heavy atom. The largest absolute Gasteiger partial charge is 0.393 e. The van der Waals surface area contributed by atoms with Crippen LogP contribution in [0.15, 0.2) is 16.8 Å². The molecular weight excluding hydrogens is 338 g/mol. The minimum atomic E-state index is -0.920. The Hall–Kier alpha value is -1.03. The van der Waals surface area contributed by atoms with Gasteiger partial charge in [0, 0.05) is 4.91 Å². The van der Waals surface area contributed by atoms with E-state index in [1.807, 2.05) is 6.92 Å². The van der Waals surface area contributed by atoms with Gasteiger partial charge in [0.25, 0.3) is 0 Å². The van der Waals surface area contributed by atoms with Crippen LogP contribution in [0.2, 0.25) is 0 Å². The zero-order valence-electron chi connectivity index (χ0n) is 17.1. The highest BCUT2D eigenvalue weighted by molar-refractivity contribution is 5.25. The van der Waals surface area contributed by atoms with Crippen molar-refractivity contribution in [3.63, 3.8) is 0 Å². The average molecular weight is 374 g/mol. The maximum Gasteiger partial charge on any atom is 0.0709 e. The van der Waals surface area contributed by atoms with Crippen LogP contribution in [0.1, 0.15) is 72.1 Å². The molecule has 0 aromatic rings. The molecule has 4 aliphatic rings. The van der Waals surface area contributed by atoms with Crippen LogP contribution < -0.4 is 0 Å². The van der Waals surface area contributed by atoms with E-state index in [1.165, 1.54) is 18.4 Å². The van der Waals surface area contributed by atoms with Gasteiger partial charge in [-0.05, 0) is 98.3 Å². The second kappa shape index (κ2) is 6.50. The highest BCUT2D eigenvalue weighted by Crippen LogP contribution is 2.67. The first-order chi connectivity index (χ1) is 12.7. The predicted molar refractivity (Wildman–Crippen MR) is 106 cm³/mol. The summed E-state index contributed by atoms with van der Waals surface area (Å²) in [6.45, 7) is 6.88. The lowest BCUT2D eigenvalue weighted by atomic mass is 9.47. The molecule has 0 unspecified atom stereocenters. The van der Waals surface area contributed by atoms with Crippen molar-refractivity contribution in [1.82, 2.24) is 0 Å². The zero-order chi connectivity index (χ0) is 19.4. The standard InChI is InChI=1S/C22H35N3O2/c1-20-10-8-15(26)12-14(20)4-5-16-17-6-7-19(22(3,27)13-24-25-23)21(17,2)11-9-18(16)20/h4,15-19,26-27H,5-13H2,1-3H3/t15-,16-,17-,18-,19-,20-,21-,22-/m0/s1. The van der Waals surface area contributed by atoms with Crippen molar-refractivity contribution in [2.45, 2.75) is 83.8 Å². The number of hydrogen-bond acceptors (Lipinski definition) is 3. The van der Waals surface area contributed by atoms with Gasteiger partial charge in [0.1, 0.15) is 0 Å². The highest BCUT2D eigenvalue weighted by Gasteiger charge is 2.61. The molecule has 0 spiro atoms. The molecule has 0 aromatic carbocycles. The molecular formula is C22H35N3O2. The molecule has 5 heteroatoms. The normalized spacial score (nSPS) is 48.3. The van der Waals surface area contributed by atoms with Gasteiger partial charge in [-0.1, -0.05) is 30.6 Å². The van der Waals surface area contributed by atoms with E-state index in [2.05, 4.69) is 29.9 Å². The quantitative estimate of drug-likeness (QED) is 0.316. The third-order valence-electron chi connectivity index (χ3n) is 9.28. The molecule has 0 saturated heterocycles. The Kier molecular flexibility index (Phi) is 4.65. The monoisotopic (exact) mass is 373 g/mol. The van der Waals surface area contributed by atoms with Gasteiger partial charge in [-0.15, -0.1) is 0 Å². The van der Waals surface area contributed by atoms with E-state index in [0.29, 0.717) is 17.8 Å². The summed E-state index contributed by atoms with van der Waals surface area (Å²) in [5.41, 5.74) is 9.68. The molecule has 27 heavy (non-hydrogen) atoms. The van der Waals surface area contributed by atoms with Crippen molar-refractivity contribution in [2.75, 3.05) is 6.54 Å². The summed E-state index contributed by atoms with van der Waals surface area (Å²) in [6.07, 6.45) is 10.9. The minimum absolute atomic E-state index is 0.130. The number of aliphatic hydroxyl groups excluding tert-OH is 1. The number of hydrogen-bond donors (Lipinski definition) is 2. The SMILES string of the molecule is C[C@]12CC[C@H]3[C@@H](CC=C4C[C@@H](O)CC[C@@]43C)[C@@H]1CC[C@@H]2[C@@](C)(O)CN=[N+]=[N-]. The number of nitrogens with zero attached hydrogens (tertiary/aromatic N) is 3. The van der Waals surface area contributed by atoms with E-state index >= 15 is 0 Å². The van der Waals surface area contributed by atoms with Gasteiger partial charge in [-0.25, -0.2) is 0 Å². The molecule has 0 radical (unpaired) electrons. The first-order valence-corrected chi connectivity index (χ1v) is 10.8. The molecule has 150 valence electrons. The van der Waals surface area contributed by atoms with Crippen LogP contribution >= 0.6 is 0 Å². The molecule has 0 bridgehead atoms. The van der Waals surface area contributed by atoms with Crippen molar-refractivity contribution in [3.05, 3.63) is 22.1 Å². The van der Waals surface area contributed by atoms with Crippen LogP contribution in [0.3, 0.4) is 0 Å². The molecule has 4 aliphatic carbocycles. The molecule has 2 N–H and O–H groups in total. The average Bonchev–Trinajstić information content (AvgIpc) is 2.99. The molecule has 3 fully saturated rings. The summed E-state index contributed by atoms with van der Waals surface area (Å²) < 4.78 is 0. The molecule has 5 nitrogen and oxygen atoms in total. The first kappa shape index (κ1) is 19.3. The number of aliphatic hydroxyl groups is 2. The molecule has 3 saturated carbocycles. The van der Waals surface area contributed by atoms with Crippen LogP contribution in [-0.2, 0) is 0 Å². The van der Waals surface area contributed by atoms with E-state index in [1.54, 1.807) is 0 Å². The fraction of sp³-hybridized carbons (Fsp3) is 0.909. The lowest BCUT2D eigenvalue weighted by Crippen LogP contribution is -2.53. The van der Waals surface area contributed by atoms with Crippen LogP contribution in [0.5, 0.6) is 0 Å². The topological polar surface area (TPSA) is 89.2 Å². The molecule has 8 atom stereocenters. The van der Waals surface area contributed by atoms with E-state index in [9.17, 15) is 10.2 Å². The summed E-state index contributed by atoms with van der Waals surface area (Å²) in [7, 11) is 0. The fourth-order valence-corrected chi connectivity index (χ4v) is 7.95. The maximum atomic E-state index is 11.1. The highest BCUT2D eigenvalue weighted by atomic mass is 16.3. The van der Waals surface area contributed by atoms with Gasteiger partial charge >= 0.3 is 0 Å². The number of fused-ring (bicyclic) bond motifs is 5. The lowest BCUT2D eigenvalue weighted by Gasteiger charge is -2.58. The summed E-state index contributed by atoms with van der Waals surface area (Å²) in [5, 5.41) is 25.0. The minimum Gasteiger partial charge on any atom is -0.393 e. The maximum absolute atomic E-state index is 11.1. The van der Waals surface area contributed by atoms with Crippen molar-refractivity contribution in [3.8, 4) is 0 Å². The number of rotatable bonds is 3. The zero-order valence-corrected chi connectivity index (χ0v) is 17.1. The Bertz CT molecular complexity index is 683. The van der Waals surface area contributed by atoms with E-state index in [-0.39, 0.29) is 29.4 Å². The van der Waals surface area contributed by atoms with Gasteiger partial charge < -0.3 is 10.2 Å². The molecule has 0 amide bonds. The number of azide groups is 1.